The smallest absolute Gasteiger partial charge is 0.262 e. The summed E-state index contributed by atoms with van der Waals surface area (Å²) in [6, 6.07) is 12.3. The number of aryl methyl sites for hydroxylation is 2. The maximum atomic E-state index is 13.0. The quantitative estimate of drug-likeness (QED) is 0.799. The van der Waals surface area contributed by atoms with Gasteiger partial charge in [-0.15, -0.1) is 0 Å². The standard InChI is InChI=1S/C22H26N2O3S/c1-14-5-3-4-6-19(14)24-28(26,27)21-13-18(9-7-15(21)2)22(25)23-20-12-16-8-10-17(20)11-16/h3-7,9,13,16-17,20,24H,8,10-12H2,1-2H3,(H,23,25)/t16-,17+,20+/m0/s1. The maximum absolute atomic E-state index is 13.0. The fourth-order valence-electron chi connectivity index (χ4n) is 4.59. The first kappa shape index (κ1) is 19.0. The predicted octanol–water partition coefficient (Wildman–Crippen LogP) is 4.02. The molecule has 2 bridgehead atoms. The Morgan fingerprint density at radius 3 is 2.46 bits per heavy atom. The molecule has 28 heavy (non-hydrogen) atoms. The summed E-state index contributed by atoms with van der Waals surface area (Å²) < 4.78 is 28.6. The molecule has 2 N–H and O–H groups in total. The number of nitrogens with one attached hydrogen (secondary N) is 2. The fourth-order valence-corrected chi connectivity index (χ4v) is 5.99. The molecule has 2 aromatic carbocycles. The molecule has 2 saturated carbocycles. The molecule has 2 fully saturated rings. The second-order valence-electron chi connectivity index (χ2n) is 8.16. The first-order valence-corrected chi connectivity index (χ1v) is 11.3. The lowest BCUT2D eigenvalue weighted by Crippen LogP contribution is -2.38. The van der Waals surface area contributed by atoms with Crippen LogP contribution in [0.1, 0.15) is 47.2 Å². The van der Waals surface area contributed by atoms with Crippen LogP contribution >= 0.6 is 0 Å². The SMILES string of the molecule is Cc1ccccc1NS(=O)(=O)c1cc(C(=O)N[C@@H]2C[C@H]3CC[C@@H]2C3)ccc1C. The van der Waals surface area contributed by atoms with E-state index in [9.17, 15) is 13.2 Å². The van der Waals surface area contributed by atoms with E-state index in [0.717, 1.165) is 17.9 Å². The third kappa shape index (κ3) is 3.65. The summed E-state index contributed by atoms with van der Waals surface area (Å²) in [6.07, 6.45) is 4.71. The second kappa shape index (κ2) is 7.24. The van der Waals surface area contributed by atoms with Crippen molar-refractivity contribution in [1.29, 1.82) is 0 Å². The van der Waals surface area contributed by atoms with E-state index in [2.05, 4.69) is 10.0 Å². The number of sulfonamides is 1. The molecule has 0 radical (unpaired) electrons. The number of fused-ring (bicyclic) bond motifs is 2. The van der Waals surface area contributed by atoms with Crippen LogP contribution in [0, 0.1) is 25.7 Å². The van der Waals surface area contributed by atoms with Crippen LogP contribution < -0.4 is 10.0 Å². The van der Waals surface area contributed by atoms with E-state index in [1.165, 1.54) is 25.3 Å². The summed E-state index contributed by atoms with van der Waals surface area (Å²) in [6.45, 7) is 3.59. The molecule has 1 amide bonds. The lowest BCUT2D eigenvalue weighted by atomic mass is 9.95. The van der Waals surface area contributed by atoms with E-state index >= 15 is 0 Å². The molecule has 148 valence electrons. The third-order valence-corrected chi connectivity index (χ3v) is 7.69. The first-order valence-electron chi connectivity index (χ1n) is 9.83. The molecule has 0 aliphatic heterocycles. The summed E-state index contributed by atoms with van der Waals surface area (Å²) in [5.74, 6) is 1.12. The Morgan fingerprint density at radius 2 is 1.79 bits per heavy atom. The highest BCUT2D eigenvalue weighted by Gasteiger charge is 2.40. The largest absolute Gasteiger partial charge is 0.349 e. The summed E-state index contributed by atoms with van der Waals surface area (Å²) in [7, 11) is -3.79. The van der Waals surface area contributed by atoms with Crippen LogP contribution in [0.3, 0.4) is 0 Å². The minimum absolute atomic E-state index is 0.136. The zero-order valence-electron chi connectivity index (χ0n) is 16.2. The highest BCUT2D eigenvalue weighted by atomic mass is 32.2. The first-order chi connectivity index (χ1) is 13.3. The molecule has 5 nitrogen and oxygen atoms in total. The van der Waals surface area contributed by atoms with Crippen molar-refractivity contribution >= 4 is 21.6 Å². The van der Waals surface area contributed by atoms with Gasteiger partial charge in [-0.05, 0) is 74.3 Å². The monoisotopic (exact) mass is 398 g/mol. The number of benzene rings is 2. The van der Waals surface area contributed by atoms with Gasteiger partial charge < -0.3 is 5.32 Å². The van der Waals surface area contributed by atoms with Crippen LogP contribution in [-0.2, 0) is 10.0 Å². The van der Waals surface area contributed by atoms with Crippen LogP contribution in [-0.4, -0.2) is 20.4 Å². The Hall–Kier alpha value is -2.34. The van der Waals surface area contributed by atoms with Crippen LogP contribution in [0.4, 0.5) is 5.69 Å². The van der Waals surface area contributed by atoms with E-state index in [-0.39, 0.29) is 16.8 Å². The van der Waals surface area contributed by atoms with Crippen LogP contribution in [0.25, 0.3) is 0 Å². The number of hydrogen-bond acceptors (Lipinski definition) is 3. The Bertz CT molecular complexity index is 1020. The van der Waals surface area contributed by atoms with Gasteiger partial charge in [-0.25, -0.2) is 8.42 Å². The highest BCUT2D eigenvalue weighted by Crippen LogP contribution is 2.44. The van der Waals surface area contributed by atoms with E-state index in [1.807, 2.05) is 19.1 Å². The van der Waals surface area contributed by atoms with Gasteiger partial charge in [-0.2, -0.15) is 0 Å². The van der Waals surface area contributed by atoms with E-state index < -0.39 is 10.0 Å². The van der Waals surface area contributed by atoms with Gasteiger partial charge in [-0.1, -0.05) is 30.7 Å². The molecule has 6 heteroatoms. The van der Waals surface area contributed by atoms with Gasteiger partial charge in [0, 0.05) is 11.6 Å². The molecule has 0 saturated heterocycles. The Kier molecular flexibility index (Phi) is 4.91. The van der Waals surface area contributed by atoms with Crippen molar-refractivity contribution in [2.45, 2.75) is 50.5 Å². The van der Waals surface area contributed by atoms with Gasteiger partial charge >= 0.3 is 0 Å². The van der Waals surface area contributed by atoms with Crippen molar-refractivity contribution in [3.8, 4) is 0 Å². The number of carbonyl (C=O) groups is 1. The minimum Gasteiger partial charge on any atom is -0.349 e. The molecule has 2 aromatic rings. The van der Waals surface area contributed by atoms with Gasteiger partial charge in [0.1, 0.15) is 0 Å². The van der Waals surface area contributed by atoms with Crippen molar-refractivity contribution in [3.63, 3.8) is 0 Å². The summed E-state index contributed by atoms with van der Waals surface area (Å²) in [5, 5.41) is 3.13. The molecule has 0 unspecified atom stereocenters. The van der Waals surface area contributed by atoms with Crippen molar-refractivity contribution < 1.29 is 13.2 Å². The summed E-state index contributed by atoms with van der Waals surface area (Å²) in [4.78, 5) is 12.9. The highest BCUT2D eigenvalue weighted by molar-refractivity contribution is 7.92. The molecular weight excluding hydrogens is 372 g/mol. The van der Waals surface area contributed by atoms with Gasteiger partial charge in [0.2, 0.25) is 0 Å². The topological polar surface area (TPSA) is 75.3 Å². The average molecular weight is 399 g/mol. The number of amides is 1. The van der Waals surface area contributed by atoms with Gasteiger partial charge in [0.25, 0.3) is 15.9 Å². The Balaban J connectivity index is 1.56. The van der Waals surface area contributed by atoms with Crippen molar-refractivity contribution in [3.05, 3.63) is 59.2 Å². The fraction of sp³-hybridized carbons (Fsp3) is 0.409. The van der Waals surface area contributed by atoms with Gasteiger partial charge in [0.05, 0.1) is 10.6 Å². The second-order valence-corrected chi connectivity index (χ2v) is 9.81. The van der Waals surface area contributed by atoms with Crippen molar-refractivity contribution in [2.24, 2.45) is 11.8 Å². The molecular formula is C22H26N2O3S. The molecule has 2 aliphatic carbocycles. The summed E-state index contributed by atoms with van der Waals surface area (Å²) >= 11 is 0. The zero-order valence-corrected chi connectivity index (χ0v) is 17.1. The number of anilines is 1. The van der Waals surface area contributed by atoms with E-state index in [4.69, 9.17) is 0 Å². The normalized spacial score (nSPS) is 23.6. The van der Waals surface area contributed by atoms with Crippen molar-refractivity contribution in [2.75, 3.05) is 4.72 Å². The molecule has 0 spiro atoms. The van der Waals surface area contributed by atoms with Gasteiger partial charge in [-0.3, -0.25) is 9.52 Å². The van der Waals surface area contributed by atoms with E-state index in [0.29, 0.717) is 22.7 Å². The van der Waals surface area contributed by atoms with Crippen LogP contribution in [0.5, 0.6) is 0 Å². The number of carbonyl (C=O) groups excluding carboxylic acids is 1. The maximum Gasteiger partial charge on any atom is 0.262 e. The van der Waals surface area contributed by atoms with Gasteiger partial charge in [0.15, 0.2) is 0 Å². The Morgan fingerprint density at radius 1 is 1.00 bits per heavy atom. The van der Waals surface area contributed by atoms with E-state index in [1.54, 1.807) is 31.2 Å². The molecule has 4 rings (SSSR count). The molecule has 0 aromatic heterocycles. The molecule has 3 atom stereocenters. The minimum atomic E-state index is -3.79. The number of para-hydroxylation sites is 1. The molecule has 0 heterocycles. The van der Waals surface area contributed by atoms with Crippen LogP contribution in [0.2, 0.25) is 0 Å². The average Bonchev–Trinajstić information content (AvgIpc) is 3.26. The third-order valence-electron chi connectivity index (χ3n) is 6.18. The van der Waals surface area contributed by atoms with Crippen molar-refractivity contribution in [1.82, 2.24) is 5.32 Å². The summed E-state index contributed by atoms with van der Waals surface area (Å²) in [5.41, 5.74) is 2.38. The number of hydrogen-bond donors (Lipinski definition) is 2. The molecule has 2 aliphatic rings. The predicted molar refractivity (Wildman–Crippen MR) is 110 cm³/mol. The Labute approximate surface area is 166 Å². The lowest BCUT2D eigenvalue weighted by molar-refractivity contribution is 0.0922. The van der Waals surface area contributed by atoms with Crippen LogP contribution in [0.15, 0.2) is 47.4 Å². The lowest BCUT2D eigenvalue weighted by Gasteiger charge is -2.23. The number of rotatable bonds is 5. The zero-order chi connectivity index (χ0) is 19.9.